The van der Waals surface area contributed by atoms with Crippen LogP contribution < -0.4 is 5.32 Å². The zero-order chi connectivity index (χ0) is 12.5. The number of hydrogen-bond acceptors (Lipinski definition) is 4. The Morgan fingerprint density at radius 1 is 1.41 bits per heavy atom. The summed E-state index contributed by atoms with van der Waals surface area (Å²) in [5.41, 5.74) is -0.141. The van der Waals surface area contributed by atoms with E-state index in [1.165, 1.54) is 0 Å². The molecule has 0 amide bonds. The highest BCUT2D eigenvalue weighted by Gasteiger charge is 2.41. The lowest BCUT2D eigenvalue weighted by Crippen LogP contribution is -2.58. The van der Waals surface area contributed by atoms with Crippen LogP contribution >= 0.6 is 0 Å². The maximum Gasteiger partial charge on any atom is 0.213 e. The summed E-state index contributed by atoms with van der Waals surface area (Å²) >= 11 is 0. The van der Waals surface area contributed by atoms with Crippen LogP contribution in [0.25, 0.3) is 0 Å². The minimum Gasteiger partial charge on any atom is -0.369 e. The van der Waals surface area contributed by atoms with Gasteiger partial charge in [-0.15, -0.1) is 0 Å². The molecule has 5 nitrogen and oxygen atoms in total. The molecule has 0 aromatic carbocycles. The van der Waals surface area contributed by atoms with Gasteiger partial charge in [0, 0.05) is 26.2 Å². The smallest absolute Gasteiger partial charge is 0.213 e. The van der Waals surface area contributed by atoms with Gasteiger partial charge < -0.3 is 10.1 Å². The molecule has 0 aromatic rings. The maximum atomic E-state index is 11.8. The average molecular weight is 262 g/mol. The monoisotopic (exact) mass is 262 g/mol. The molecule has 2 rings (SSSR count). The lowest BCUT2D eigenvalue weighted by atomic mass is 9.90. The summed E-state index contributed by atoms with van der Waals surface area (Å²) in [5, 5.41) is 3.37. The fourth-order valence-electron chi connectivity index (χ4n) is 2.66. The Balaban J connectivity index is 1.98. The molecule has 1 N–H and O–H groups in total. The fourth-order valence-corrected chi connectivity index (χ4v) is 3.77. The van der Waals surface area contributed by atoms with E-state index in [4.69, 9.17) is 4.74 Å². The Labute approximate surface area is 104 Å². The molecular formula is C11H22N2O3S. The summed E-state index contributed by atoms with van der Waals surface area (Å²) in [7, 11) is -3.03. The predicted octanol–water partition coefficient (Wildman–Crippen LogP) is 0.179. The number of nitrogens with zero attached hydrogens (tertiary/aromatic N) is 1. The van der Waals surface area contributed by atoms with Gasteiger partial charge in [-0.1, -0.05) is 0 Å². The van der Waals surface area contributed by atoms with Crippen molar-refractivity contribution in [2.75, 3.05) is 31.9 Å². The Kier molecular flexibility index (Phi) is 3.77. The molecule has 0 bridgehead atoms. The molecule has 1 unspecified atom stereocenters. The van der Waals surface area contributed by atoms with E-state index >= 15 is 0 Å². The van der Waals surface area contributed by atoms with Crippen LogP contribution in [-0.4, -0.2) is 56.4 Å². The largest absolute Gasteiger partial charge is 0.369 e. The number of piperidine rings is 1. The minimum absolute atomic E-state index is 0.141. The Bertz CT molecular complexity index is 361. The molecule has 100 valence electrons. The van der Waals surface area contributed by atoms with Crippen molar-refractivity contribution in [3.8, 4) is 0 Å². The Morgan fingerprint density at radius 2 is 2.06 bits per heavy atom. The minimum atomic E-state index is -3.03. The zero-order valence-corrected chi connectivity index (χ0v) is 11.4. The zero-order valence-electron chi connectivity index (χ0n) is 10.6. The van der Waals surface area contributed by atoms with Gasteiger partial charge in [-0.2, -0.15) is 0 Å². The Hall–Kier alpha value is -0.170. The van der Waals surface area contributed by atoms with Gasteiger partial charge in [-0.3, -0.25) is 0 Å². The van der Waals surface area contributed by atoms with E-state index in [2.05, 4.69) is 12.2 Å². The van der Waals surface area contributed by atoms with Crippen molar-refractivity contribution < 1.29 is 13.2 Å². The van der Waals surface area contributed by atoms with Gasteiger partial charge in [0.25, 0.3) is 0 Å². The van der Waals surface area contributed by atoms with Crippen LogP contribution in [0.3, 0.4) is 0 Å². The van der Waals surface area contributed by atoms with E-state index in [1.807, 2.05) is 0 Å². The molecule has 2 aliphatic heterocycles. The number of sulfonamides is 1. The normalized spacial score (nSPS) is 30.6. The summed E-state index contributed by atoms with van der Waals surface area (Å²) in [5.74, 6) is 0.190. The van der Waals surface area contributed by atoms with Crippen molar-refractivity contribution in [3.05, 3.63) is 0 Å². The van der Waals surface area contributed by atoms with Crippen LogP contribution in [0.4, 0.5) is 0 Å². The van der Waals surface area contributed by atoms with E-state index in [-0.39, 0.29) is 17.5 Å². The van der Waals surface area contributed by atoms with Crippen molar-refractivity contribution in [1.82, 2.24) is 9.62 Å². The first-order valence-corrected chi connectivity index (χ1v) is 7.95. The molecule has 1 spiro atoms. The number of hydrogen-bond donors (Lipinski definition) is 1. The van der Waals surface area contributed by atoms with Crippen LogP contribution in [0, 0.1) is 0 Å². The van der Waals surface area contributed by atoms with Gasteiger partial charge in [0.05, 0.1) is 17.5 Å². The second-order valence-electron chi connectivity index (χ2n) is 5.04. The lowest BCUT2D eigenvalue weighted by Gasteiger charge is -2.45. The van der Waals surface area contributed by atoms with Crippen molar-refractivity contribution in [2.24, 2.45) is 0 Å². The molecule has 0 saturated carbocycles. The van der Waals surface area contributed by atoms with E-state index in [9.17, 15) is 8.42 Å². The topological polar surface area (TPSA) is 58.6 Å². The van der Waals surface area contributed by atoms with Gasteiger partial charge in [0.15, 0.2) is 0 Å². The van der Waals surface area contributed by atoms with Gasteiger partial charge >= 0.3 is 0 Å². The quantitative estimate of drug-likeness (QED) is 0.771. The van der Waals surface area contributed by atoms with E-state index in [0.29, 0.717) is 13.1 Å². The summed E-state index contributed by atoms with van der Waals surface area (Å²) in [6, 6.07) is 0. The highest BCUT2D eigenvalue weighted by atomic mass is 32.2. The van der Waals surface area contributed by atoms with Gasteiger partial charge in [-0.25, -0.2) is 12.7 Å². The van der Waals surface area contributed by atoms with Gasteiger partial charge in [0.1, 0.15) is 0 Å². The van der Waals surface area contributed by atoms with Crippen LogP contribution in [0.1, 0.15) is 26.7 Å². The van der Waals surface area contributed by atoms with E-state index in [1.54, 1.807) is 11.2 Å². The first-order valence-electron chi connectivity index (χ1n) is 6.34. The molecule has 0 aliphatic carbocycles. The number of rotatable bonds is 2. The highest BCUT2D eigenvalue weighted by Crippen LogP contribution is 2.30. The molecule has 0 aromatic heterocycles. The number of nitrogens with one attached hydrogen (secondary N) is 1. The molecular weight excluding hydrogens is 240 g/mol. The van der Waals surface area contributed by atoms with Crippen LogP contribution in [0.2, 0.25) is 0 Å². The van der Waals surface area contributed by atoms with E-state index in [0.717, 1.165) is 25.9 Å². The fraction of sp³-hybridized carbons (Fsp3) is 1.00. The third-order valence-corrected chi connectivity index (χ3v) is 5.60. The van der Waals surface area contributed by atoms with Crippen LogP contribution in [-0.2, 0) is 14.8 Å². The summed E-state index contributed by atoms with van der Waals surface area (Å²) < 4.78 is 31.1. The van der Waals surface area contributed by atoms with Crippen LogP contribution in [0.5, 0.6) is 0 Å². The molecule has 2 heterocycles. The van der Waals surface area contributed by atoms with Crippen LogP contribution in [0.15, 0.2) is 0 Å². The first-order chi connectivity index (χ1) is 7.97. The molecule has 2 saturated heterocycles. The number of ether oxygens (including phenoxy) is 1. The van der Waals surface area contributed by atoms with Crippen molar-refractivity contribution in [1.29, 1.82) is 0 Å². The molecule has 1 atom stereocenters. The molecule has 0 radical (unpaired) electrons. The summed E-state index contributed by atoms with van der Waals surface area (Å²) in [6.07, 6.45) is 1.81. The van der Waals surface area contributed by atoms with Gasteiger partial charge in [0.2, 0.25) is 10.0 Å². The second-order valence-corrected chi connectivity index (χ2v) is 7.30. The maximum absolute atomic E-state index is 11.8. The van der Waals surface area contributed by atoms with Gasteiger partial charge in [-0.05, 0) is 26.7 Å². The molecule has 2 fully saturated rings. The second kappa shape index (κ2) is 4.84. The van der Waals surface area contributed by atoms with E-state index < -0.39 is 10.0 Å². The molecule has 6 heteroatoms. The van der Waals surface area contributed by atoms with Crippen molar-refractivity contribution in [2.45, 2.75) is 38.4 Å². The Morgan fingerprint density at radius 3 is 2.59 bits per heavy atom. The standard InChI is InChI=1S/C11H22N2O3S/c1-3-17(14,15)13-6-4-11(5-7-13)9-12-8-10(2)16-11/h10,12H,3-9H2,1-2H3. The highest BCUT2D eigenvalue weighted by molar-refractivity contribution is 7.89. The number of morpholine rings is 1. The van der Waals surface area contributed by atoms with Crippen molar-refractivity contribution in [3.63, 3.8) is 0 Å². The SMILES string of the molecule is CCS(=O)(=O)N1CCC2(CC1)CNCC(C)O2. The summed E-state index contributed by atoms with van der Waals surface area (Å²) in [4.78, 5) is 0. The van der Waals surface area contributed by atoms with Crippen molar-refractivity contribution >= 4 is 10.0 Å². The lowest BCUT2D eigenvalue weighted by molar-refractivity contribution is -0.129. The molecule has 2 aliphatic rings. The third-order valence-electron chi connectivity index (χ3n) is 3.72. The first kappa shape index (κ1) is 13.3. The summed E-state index contributed by atoms with van der Waals surface area (Å²) in [6.45, 7) is 6.66. The molecule has 17 heavy (non-hydrogen) atoms. The average Bonchev–Trinajstić information content (AvgIpc) is 2.29. The predicted molar refractivity (Wildman–Crippen MR) is 66.4 cm³/mol. The third kappa shape index (κ3) is 2.81.